The Morgan fingerprint density at radius 3 is 2.29 bits per heavy atom. The summed E-state index contributed by atoms with van der Waals surface area (Å²) in [6.45, 7) is 3.34. The molecule has 0 aliphatic carbocycles. The van der Waals surface area contributed by atoms with Crippen molar-refractivity contribution in [2.24, 2.45) is 5.73 Å². The highest BCUT2D eigenvalue weighted by Crippen LogP contribution is 2.10. The zero-order valence-electron chi connectivity index (χ0n) is 16.0. The van der Waals surface area contributed by atoms with Crippen LogP contribution in [-0.2, 0) is 21.2 Å². The molecule has 154 valence electrons. The van der Waals surface area contributed by atoms with Crippen molar-refractivity contribution in [2.45, 2.75) is 24.7 Å². The molecule has 0 saturated carbocycles. The number of sulfonamides is 1. The first kappa shape index (κ1) is 24.1. The number of benzene rings is 2. The van der Waals surface area contributed by atoms with Gasteiger partial charge in [-0.05, 0) is 31.0 Å². The van der Waals surface area contributed by atoms with Gasteiger partial charge in [0.05, 0.1) is 4.90 Å². The van der Waals surface area contributed by atoms with Gasteiger partial charge in [-0.2, -0.15) is 0 Å². The molecule has 0 aliphatic heterocycles. The number of rotatable bonds is 10. The molecule has 0 unspecified atom stereocenters. The van der Waals surface area contributed by atoms with Crippen molar-refractivity contribution in [1.82, 2.24) is 9.62 Å². The highest BCUT2D eigenvalue weighted by Gasteiger charge is 2.16. The molecule has 2 rings (SSSR count). The van der Waals surface area contributed by atoms with Crippen LogP contribution in [-0.4, -0.2) is 45.4 Å². The first-order valence-electron chi connectivity index (χ1n) is 9.00. The van der Waals surface area contributed by atoms with Crippen LogP contribution in [0, 0.1) is 6.92 Å². The Bertz CT molecular complexity index is 828. The van der Waals surface area contributed by atoms with E-state index in [1.807, 2.05) is 37.3 Å². The normalized spacial score (nSPS) is 10.9. The number of halogens is 1. The third-order valence-electron chi connectivity index (χ3n) is 4.23. The second kappa shape index (κ2) is 11.8. The molecule has 2 aromatic carbocycles. The lowest BCUT2D eigenvalue weighted by Crippen LogP contribution is -2.38. The van der Waals surface area contributed by atoms with Crippen LogP contribution in [0.1, 0.15) is 17.5 Å². The number of carbonyl (C=O) groups excluding carboxylic acids is 1. The summed E-state index contributed by atoms with van der Waals surface area (Å²) >= 11 is 0. The number of nitrogens with one attached hydrogen (secondary N) is 1. The number of amides is 1. The minimum absolute atomic E-state index is 0. The summed E-state index contributed by atoms with van der Waals surface area (Å²) in [6, 6.07) is 16.5. The quantitative estimate of drug-likeness (QED) is 0.609. The number of nitrogens with two attached hydrogens (primary N) is 1. The molecule has 0 atom stereocenters. The third kappa shape index (κ3) is 7.59. The summed E-state index contributed by atoms with van der Waals surface area (Å²) in [5.41, 5.74) is 7.75. The molecule has 0 saturated heterocycles. The van der Waals surface area contributed by atoms with E-state index in [0.717, 1.165) is 17.5 Å². The molecular weight excluding hydrogens is 398 g/mol. The van der Waals surface area contributed by atoms with Crippen LogP contribution in [0.15, 0.2) is 59.5 Å². The van der Waals surface area contributed by atoms with Gasteiger partial charge in [0.2, 0.25) is 15.9 Å². The molecule has 0 aromatic heterocycles. The summed E-state index contributed by atoms with van der Waals surface area (Å²) in [5, 5.41) is 0. The average molecular weight is 426 g/mol. The van der Waals surface area contributed by atoms with E-state index in [0.29, 0.717) is 19.6 Å². The van der Waals surface area contributed by atoms with Crippen molar-refractivity contribution < 1.29 is 13.2 Å². The Kier molecular flexibility index (Phi) is 10.2. The van der Waals surface area contributed by atoms with Gasteiger partial charge in [0.15, 0.2) is 0 Å². The summed E-state index contributed by atoms with van der Waals surface area (Å²) in [7, 11) is -3.61. The largest absolute Gasteiger partial charge is 0.341 e. The smallest absolute Gasteiger partial charge is 0.240 e. The molecule has 3 N–H and O–H groups in total. The fourth-order valence-corrected chi connectivity index (χ4v) is 3.71. The summed E-state index contributed by atoms with van der Waals surface area (Å²) in [4.78, 5) is 14.3. The average Bonchev–Trinajstić information content (AvgIpc) is 2.66. The highest BCUT2D eigenvalue weighted by atomic mass is 35.5. The van der Waals surface area contributed by atoms with Gasteiger partial charge >= 0.3 is 0 Å². The van der Waals surface area contributed by atoms with Gasteiger partial charge in [0, 0.05) is 32.6 Å². The van der Waals surface area contributed by atoms with Gasteiger partial charge in [-0.3, -0.25) is 4.79 Å². The molecule has 1 amide bonds. The Hall–Kier alpha value is -1.93. The second-order valence-electron chi connectivity index (χ2n) is 6.37. The topological polar surface area (TPSA) is 92.5 Å². The lowest BCUT2D eigenvalue weighted by molar-refractivity contribution is -0.130. The fourth-order valence-electron chi connectivity index (χ4n) is 2.68. The second-order valence-corrected chi connectivity index (χ2v) is 8.13. The number of hydrogen-bond donors (Lipinski definition) is 2. The van der Waals surface area contributed by atoms with Gasteiger partial charge in [-0.15, -0.1) is 12.4 Å². The summed E-state index contributed by atoms with van der Waals surface area (Å²) < 4.78 is 27.0. The van der Waals surface area contributed by atoms with Crippen LogP contribution in [0.25, 0.3) is 0 Å². The van der Waals surface area contributed by atoms with Gasteiger partial charge in [0.1, 0.15) is 0 Å². The lowest BCUT2D eigenvalue weighted by atomic mass is 10.1. The number of hydrogen-bond acceptors (Lipinski definition) is 4. The van der Waals surface area contributed by atoms with E-state index in [2.05, 4.69) is 4.72 Å². The Labute approximate surface area is 173 Å². The Morgan fingerprint density at radius 2 is 1.68 bits per heavy atom. The molecule has 2 aromatic rings. The zero-order valence-corrected chi connectivity index (χ0v) is 17.6. The maximum Gasteiger partial charge on any atom is 0.240 e. The number of nitrogens with zero attached hydrogens (tertiary/aromatic N) is 1. The molecule has 28 heavy (non-hydrogen) atoms. The van der Waals surface area contributed by atoms with E-state index < -0.39 is 10.0 Å². The van der Waals surface area contributed by atoms with E-state index >= 15 is 0 Å². The third-order valence-corrected chi connectivity index (χ3v) is 5.70. The molecule has 0 fully saturated rings. The maximum atomic E-state index is 12.5. The molecule has 0 spiro atoms. The lowest BCUT2D eigenvalue weighted by Gasteiger charge is -2.22. The standard InChI is InChI=1S/C20H27N3O3S.ClH/c1-17-7-9-19(10-8-17)27(25,26)22-14-11-20(24)23(16-13-21)15-12-18-5-3-2-4-6-18;/h2-10,22H,11-16,21H2,1H3;1H. The van der Waals surface area contributed by atoms with Crippen molar-refractivity contribution >= 4 is 28.3 Å². The van der Waals surface area contributed by atoms with Gasteiger partial charge < -0.3 is 10.6 Å². The van der Waals surface area contributed by atoms with Gasteiger partial charge in [-0.1, -0.05) is 48.0 Å². The summed E-state index contributed by atoms with van der Waals surface area (Å²) in [6.07, 6.45) is 0.835. The highest BCUT2D eigenvalue weighted by molar-refractivity contribution is 7.89. The maximum absolute atomic E-state index is 12.5. The van der Waals surface area contributed by atoms with Crippen LogP contribution in [0.3, 0.4) is 0 Å². The zero-order chi connectivity index (χ0) is 19.7. The SMILES string of the molecule is Cc1ccc(S(=O)(=O)NCCC(=O)N(CCN)CCc2ccccc2)cc1.Cl. The predicted octanol–water partition coefficient (Wildman–Crippen LogP) is 2.12. The molecule has 0 radical (unpaired) electrons. The Balaban J connectivity index is 0.00000392. The first-order valence-corrected chi connectivity index (χ1v) is 10.5. The van der Waals surface area contributed by atoms with E-state index in [1.54, 1.807) is 29.2 Å². The van der Waals surface area contributed by atoms with Crippen LogP contribution >= 0.6 is 12.4 Å². The predicted molar refractivity (Wildman–Crippen MR) is 114 cm³/mol. The van der Waals surface area contributed by atoms with E-state index in [1.165, 1.54) is 0 Å². The Morgan fingerprint density at radius 1 is 1.04 bits per heavy atom. The first-order chi connectivity index (χ1) is 12.9. The number of aryl methyl sites for hydroxylation is 1. The number of carbonyl (C=O) groups is 1. The molecule has 8 heteroatoms. The van der Waals surface area contributed by atoms with E-state index in [-0.39, 0.29) is 36.2 Å². The van der Waals surface area contributed by atoms with Crippen molar-refractivity contribution in [3.8, 4) is 0 Å². The van der Waals surface area contributed by atoms with Crippen LogP contribution in [0.4, 0.5) is 0 Å². The van der Waals surface area contributed by atoms with Crippen molar-refractivity contribution in [1.29, 1.82) is 0 Å². The molecule has 0 heterocycles. The monoisotopic (exact) mass is 425 g/mol. The molecule has 0 aliphatic rings. The van der Waals surface area contributed by atoms with Crippen LogP contribution in [0.2, 0.25) is 0 Å². The minimum Gasteiger partial charge on any atom is -0.341 e. The van der Waals surface area contributed by atoms with E-state index in [4.69, 9.17) is 5.73 Å². The molecular formula is C20H28ClN3O3S. The van der Waals surface area contributed by atoms with Crippen molar-refractivity contribution in [3.05, 3.63) is 65.7 Å². The van der Waals surface area contributed by atoms with Gasteiger partial charge in [-0.25, -0.2) is 13.1 Å². The van der Waals surface area contributed by atoms with Crippen LogP contribution < -0.4 is 10.5 Å². The fraction of sp³-hybridized carbons (Fsp3) is 0.350. The minimum atomic E-state index is -3.61. The summed E-state index contributed by atoms with van der Waals surface area (Å²) in [5.74, 6) is -0.108. The van der Waals surface area contributed by atoms with Crippen molar-refractivity contribution in [2.75, 3.05) is 26.2 Å². The molecule has 0 bridgehead atoms. The van der Waals surface area contributed by atoms with E-state index in [9.17, 15) is 13.2 Å². The van der Waals surface area contributed by atoms with Gasteiger partial charge in [0.25, 0.3) is 0 Å². The molecule has 6 nitrogen and oxygen atoms in total. The van der Waals surface area contributed by atoms with Crippen LogP contribution in [0.5, 0.6) is 0 Å². The van der Waals surface area contributed by atoms with Crippen molar-refractivity contribution in [3.63, 3.8) is 0 Å².